The number of aldehydes is 1. The molecule has 2 heterocycles. The molecule has 0 saturated heterocycles. The number of anilines is 1. The molecule has 0 fully saturated rings. The van der Waals surface area contributed by atoms with Crippen LogP contribution in [0.15, 0.2) is 40.9 Å². The Kier molecular flexibility index (Phi) is 11.1. The van der Waals surface area contributed by atoms with Gasteiger partial charge in [-0.2, -0.15) is 4.98 Å². The van der Waals surface area contributed by atoms with Crippen molar-refractivity contribution in [3.05, 3.63) is 64.7 Å². The first-order valence-electron chi connectivity index (χ1n) is 13.0. The number of carbonyl (C=O) groups is 2. The van der Waals surface area contributed by atoms with Gasteiger partial charge in [0.05, 0.1) is 13.1 Å². The van der Waals surface area contributed by atoms with Gasteiger partial charge in [-0.3, -0.25) is 9.80 Å². The number of amides is 1. The second-order valence-corrected chi connectivity index (χ2v) is 9.31. The summed E-state index contributed by atoms with van der Waals surface area (Å²) in [6, 6.07) is 10.2. The zero-order valence-corrected chi connectivity index (χ0v) is 23.3. The number of aromatic nitrogens is 2. The first-order chi connectivity index (χ1) is 18.8. The summed E-state index contributed by atoms with van der Waals surface area (Å²) in [4.78, 5) is 30.3. The van der Waals surface area contributed by atoms with Gasteiger partial charge in [0, 0.05) is 44.5 Å². The quantitative estimate of drug-likeness (QED) is 0.281. The third-order valence-corrected chi connectivity index (χ3v) is 6.39. The lowest BCUT2D eigenvalue weighted by molar-refractivity contribution is -0.145. The van der Waals surface area contributed by atoms with Crippen molar-refractivity contribution < 1.29 is 18.5 Å². The summed E-state index contributed by atoms with van der Waals surface area (Å²) in [7, 11) is 3.65. The smallest absolute Gasteiger partial charge is 0.257 e. The standard InChI is InChI=1S/C23H24FN5O3.C5H14N2/c1-15-10-17(23-25-16(2)26-32-23)5-7-21(15)28(8-9-30)14-22(31)27(3)29-12-18-4-6-20(24)11-19(18)13-29;1-3-7-5-4-6-2/h4-7,9-11H,8,12-14H2,1-3H3;6-7H,3-5H2,1-2H3. The van der Waals surface area contributed by atoms with Gasteiger partial charge in [0.25, 0.3) is 11.8 Å². The number of nitrogens with one attached hydrogen (secondary N) is 2. The van der Waals surface area contributed by atoms with Crippen molar-refractivity contribution in [1.29, 1.82) is 0 Å². The molecule has 1 amide bonds. The molecule has 210 valence electrons. The maximum atomic E-state index is 13.5. The van der Waals surface area contributed by atoms with Crippen molar-refractivity contribution in [3.8, 4) is 11.5 Å². The number of halogens is 1. The van der Waals surface area contributed by atoms with Crippen molar-refractivity contribution in [2.75, 3.05) is 51.7 Å². The highest BCUT2D eigenvalue weighted by Gasteiger charge is 2.27. The van der Waals surface area contributed by atoms with Crippen molar-refractivity contribution in [1.82, 2.24) is 30.8 Å². The molecule has 0 spiro atoms. The number of likely N-dealkylation sites (N-methyl/N-ethyl adjacent to an activating group) is 3. The molecule has 1 aromatic heterocycles. The maximum Gasteiger partial charge on any atom is 0.257 e. The predicted molar refractivity (Wildman–Crippen MR) is 148 cm³/mol. The van der Waals surface area contributed by atoms with Gasteiger partial charge >= 0.3 is 0 Å². The van der Waals surface area contributed by atoms with E-state index in [0.29, 0.717) is 24.8 Å². The van der Waals surface area contributed by atoms with E-state index in [0.717, 1.165) is 53.9 Å². The van der Waals surface area contributed by atoms with Gasteiger partial charge < -0.3 is 24.9 Å². The van der Waals surface area contributed by atoms with Crippen LogP contribution in [0.4, 0.5) is 10.1 Å². The Labute approximate surface area is 229 Å². The zero-order chi connectivity index (χ0) is 28.4. The van der Waals surface area contributed by atoms with Crippen LogP contribution < -0.4 is 15.5 Å². The van der Waals surface area contributed by atoms with Crippen LogP contribution >= 0.6 is 0 Å². The van der Waals surface area contributed by atoms with Crippen LogP contribution in [-0.2, 0) is 22.7 Å². The minimum absolute atomic E-state index is 0.0241. The van der Waals surface area contributed by atoms with Crippen molar-refractivity contribution in [2.45, 2.75) is 33.9 Å². The zero-order valence-electron chi connectivity index (χ0n) is 23.3. The van der Waals surface area contributed by atoms with Crippen LogP contribution in [0, 0.1) is 19.7 Å². The van der Waals surface area contributed by atoms with Crippen LogP contribution in [0.1, 0.15) is 29.4 Å². The van der Waals surface area contributed by atoms with E-state index < -0.39 is 0 Å². The fraction of sp³-hybridized carbons (Fsp3) is 0.429. The molecule has 10 nitrogen and oxygen atoms in total. The summed E-state index contributed by atoms with van der Waals surface area (Å²) in [6.45, 7) is 10.1. The highest BCUT2D eigenvalue weighted by atomic mass is 19.1. The molecule has 39 heavy (non-hydrogen) atoms. The lowest BCUT2D eigenvalue weighted by Gasteiger charge is -2.31. The highest BCUT2D eigenvalue weighted by Crippen LogP contribution is 2.27. The second kappa shape index (κ2) is 14.5. The molecule has 2 N–H and O–H groups in total. The Morgan fingerprint density at radius 1 is 1.15 bits per heavy atom. The number of carbonyl (C=O) groups excluding carboxylic acids is 2. The van der Waals surface area contributed by atoms with Gasteiger partial charge in [-0.25, -0.2) is 9.40 Å². The summed E-state index contributed by atoms with van der Waals surface area (Å²) in [5, 5.41) is 13.4. The van der Waals surface area contributed by atoms with E-state index in [1.165, 1.54) is 12.1 Å². The second-order valence-electron chi connectivity index (χ2n) is 9.31. The van der Waals surface area contributed by atoms with Gasteiger partial charge in [-0.15, -0.1) is 0 Å². The number of nitrogens with zero attached hydrogens (tertiary/aromatic N) is 5. The Hall–Kier alpha value is -3.67. The van der Waals surface area contributed by atoms with E-state index in [2.05, 4.69) is 27.7 Å². The fourth-order valence-electron chi connectivity index (χ4n) is 4.27. The SMILES string of the molecule is CCNCCNC.Cc1noc(-c2ccc(N(CC=O)CC(=O)N(C)N3Cc4ccc(F)cc4C3)c(C)c2)n1. The van der Waals surface area contributed by atoms with Crippen molar-refractivity contribution in [2.24, 2.45) is 0 Å². The average Bonchev–Trinajstić information content (AvgIpc) is 3.54. The van der Waals surface area contributed by atoms with E-state index in [1.807, 2.05) is 37.2 Å². The van der Waals surface area contributed by atoms with Gasteiger partial charge in [0.1, 0.15) is 12.1 Å². The molecule has 1 aliphatic heterocycles. The lowest BCUT2D eigenvalue weighted by atomic mass is 10.1. The highest BCUT2D eigenvalue weighted by molar-refractivity contribution is 5.83. The number of hydrazine groups is 1. The Morgan fingerprint density at radius 3 is 2.56 bits per heavy atom. The van der Waals surface area contributed by atoms with Crippen LogP contribution in [0.5, 0.6) is 0 Å². The Morgan fingerprint density at radius 2 is 1.92 bits per heavy atom. The van der Waals surface area contributed by atoms with E-state index in [1.54, 1.807) is 29.9 Å². The number of fused-ring (bicyclic) bond motifs is 1. The topological polar surface area (TPSA) is 107 Å². The average molecular weight is 540 g/mol. The van der Waals surface area contributed by atoms with E-state index >= 15 is 0 Å². The molecule has 1 aliphatic rings. The Bertz CT molecular complexity index is 1250. The molecule has 4 rings (SSSR count). The summed E-state index contributed by atoms with van der Waals surface area (Å²) in [5.41, 5.74) is 4.28. The number of rotatable bonds is 11. The summed E-state index contributed by atoms with van der Waals surface area (Å²) >= 11 is 0. The van der Waals surface area contributed by atoms with Crippen LogP contribution in [-0.4, -0.2) is 79.2 Å². The maximum absolute atomic E-state index is 13.5. The van der Waals surface area contributed by atoms with Crippen molar-refractivity contribution >= 4 is 17.9 Å². The molecule has 11 heteroatoms. The van der Waals surface area contributed by atoms with E-state index in [9.17, 15) is 14.0 Å². The Balaban J connectivity index is 0.000000532. The van der Waals surface area contributed by atoms with Crippen LogP contribution in [0.3, 0.4) is 0 Å². The molecule has 0 radical (unpaired) electrons. The third-order valence-electron chi connectivity index (χ3n) is 6.39. The first kappa shape index (κ1) is 29.9. The predicted octanol–water partition coefficient (Wildman–Crippen LogP) is 2.70. The molecule has 0 saturated carbocycles. The van der Waals surface area contributed by atoms with Gasteiger partial charge in [-0.05, 0) is 74.5 Å². The number of benzene rings is 2. The third kappa shape index (κ3) is 8.16. The minimum Gasteiger partial charge on any atom is -0.355 e. The molecule has 2 aromatic carbocycles. The molecule has 0 bridgehead atoms. The van der Waals surface area contributed by atoms with Gasteiger partial charge in [0.15, 0.2) is 5.82 Å². The molecule has 0 atom stereocenters. The largest absolute Gasteiger partial charge is 0.355 e. The molecular formula is C28H38FN7O3. The number of aryl methyl sites for hydroxylation is 2. The van der Waals surface area contributed by atoms with E-state index in [-0.39, 0.29) is 24.8 Å². The van der Waals surface area contributed by atoms with E-state index in [4.69, 9.17) is 4.52 Å². The molecule has 0 unspecified atom stereocenters. The van der Waals surface area contributed by atoms with Gasteiger partial charge in [-0.1, -0.05) is 18.1 Å². The van der Waals surface area contributed by atoms with Crippen LogP contribution in [0.2, 0.25) is 0 Å². The molecule has 3 aromatic rings. The monoisotopic (exact) mass is 539 g/mol. The van der Waals surface area contributed by atoms with Crippen LogP contribution in [0.25, 0.3) is 11.5 Å². The number of hydrogen-bond donors (Lipinski definition) is 2. The van der Waals surface area contributed by atoms with Crippen molar-refractivity contribution in [3.63, 3.8) is 0 Å². The molecular weight excluding hydrogens is 501 g/mol. The summed E-state index contributed by atoms with van der Waals surface area (Å²) < 4.78 is 18.7. The fourth-order valence-corrected chi connectivity index (χ4v) is 4.27. The summed E-state index contributed by atoms with van der Waals surface area (Å²) in [5.74, 6) is 0.507. The minimum atomic E-state index is -0.286. The van der Waals surface area contributed by atoms with Gasteiger partial charge in [0.2, 0.25) is 0 Å². The lowest BCUT2D eigenvalue weighted by Crippen LogP contribution is -2.46. The number of hydrogen-bond acceptors (Lipinski definition) is 9. The molecule has 0 aliphatic carbocycles. The first-order valence-corrected chi connectivity index (χ1v) is 13.0. The summed E-state index contributed by atoms with van der Waals surface area (Å²) in [6.07, 6.45) is 0.774. The normalized spacial score (nSPS) is 12.5.